The summed E-state index contributed by atoms with van der Waals surface area (Å²) in [5.74, 6) is 2.28. The molecular weight excluding hydrogens is 290 g/mol. The van der Waals surface area contributed by atoms with Gasteiger partial charge in [-0.05, 0) is 36.5 Å². The van der Waals surface area contributed by atoms with Crippen LogP contribution in [0.3, 0.4) is 0 Å². The Kier molecular flexibility index (Phi) is 6.08. The molecule has 2 rings (SSSR count). The maximum Gasteiger partial charge on any atom is 0.251 e. The predicted octanol–water partition coefficient (Wildman–Crippen LogP) is 3.81. The topological polar surface area (TPSA) is 47.6 Å². The number of ether oxygens (including phenoxy) is 2. The minimum atomic E-state index is -0.0514. The highest BCUT2D eigenvalue weighted by atomic mass is 16.5. The molecule has 0 bridgehead atoms. The van der Waals surface area contributed by atoms with Crippen LogP contribution in [0.15, 0.2) is 30.9 Å². The first kappa shape index (κ1) is 17.4. The molecule has 1 aliphatic rings. The molecule has 3 unspecified atom stereocenters. The van der Waals surface area contributed by atoms with Crippen molar-refractivity contribution in [1.82, 2.24) is 5.32 Å². The van der Waals surface area contributed by atoms with Gasteiger partial charge in [0.2, 0.25) is 0 Å². The number of amides is 1. The van der Waals surface area contributed by atoms with Gasteiger partial charge in [0.1, 0.15) is 6.61 Å². The molecular formula is C19H27NO3. The van der Waals surface area contributed by atoms with Crippen LogP contribution in [-0.2, 0) is 0 Å². The number of hydrogen-bond donors (Lipinski definition) is 1. The zero-order valence-corrected chi connectivity index (χ0v) is 14.3. The molecule has 0 heterocycles. The monoisotopic (exact) mass is 317 g/mol. The summed E-state index contributed by atoms with van der Waals surface area (Å²) < 4.78 is 10.8. The van der Waals surface area contributed by atoms with Crippen LogP contribution in [0.25, 0.3) is 0 Å². The Bertz CT molecular complexity index is 556. The van der Waals surface area contributed by atoms with Crippen molar-refractivity contribution in [1.29, 1.82) is 0 Å². The second kappa shape index (κ2) is 8.04. The summed E-state index contributed by atoms with van der Waals surface area (Å²) in [5, 5.41) is 3.18. The third kappa shape index (κ3) is 4.27. The molecule has 126 valence electrons. The summed E-state index contributed by atoms with van der Waals surface area (Å²) in [6.45, 7) is 8.51. The van der Waals surface area contributed by atoms with E-state index in [0.29, 0.717) is 35.5 Å². The van der Waals surface area contributed by atoms with Gasteiger partial charge in [0.25, 0.3) is 5.91 Å². The van der Waals surface area contributed by atoms with E-state index >= 15 is 0 Å². The van der Waals surface area contributed by atoms with Gasteiger partial charge >= 0.3 is 0 Å². The molecule has 1 aromatic carbocycles. The lowest BCUT2D eigenvalue weighted by molar-refractivity contribution is 0.0890. The van der Waals surface area contributed by atoms with Crippen molar-refractivity contribution in [3.63, 3.8) is 0 Å². The number of hydrogen-bond acceptors (Lipinski definition) is 3. The van der Waals surface area contributed by atoms with Gasteiger partial charge < -0.3 is 14.8 Å². The minimum absolute atomic E-state index is 0.0514. The number of carbonyl (C=O) groups is 1. The Hall–Kier alpha value is -1.97. The second-order valence-electron chi connectivity index (χ2n) is 6.31. The van der Waals surface area contributed by atoms with Crippen molar-refractivity contribution in [3.8, 4) is 11.5 Å². The van der Waals surface area contributed by atoms with Crippen molar-refractivity contribution in [2.75, 3.05) is 13.7 Å². The smallest absolute Gasteiger partial charge is 0.251 e. The van der Waals surface area contributed by atoms with Crippen LogP contribution in [0.4, 0.5) is 0 Å². The lowest BCUT2D eigenvalue weighted by Gasteiger charge is -2.34. The number of rotatable bonds is 6. The molecule has 1 fully saturated rings. The fourth-order valence-electron chi connectivity index (χ4n) is 3.11. The average molecular weight is 317 g/mol. The highest BCUT2D eigenvalue weighted by Crippen LogP contribution is 2.31. The zero-order valence-electron chi connectivity index (χ0n) is 14.3. The van der Waals surface area contributed by atoms with Gasteiger partial charge in [-0.25, -0.2) is 0 Å². The standard InChI is InChI=1S/C19H27NO3/c1-5-11-23-17-10-9-15(12-18(17)22-4)19(21)20-16-8-6-7-13(2)14(16)3/h5,9-10,12-14,16H,1,6-8,11H2,2-4H3,(H,20,21). The fraction of sp³-hybridized carbons (Fsp3) is 0.526. The first-order valence-electron chi connectivity index (χ1n) is 8.29. The number of methoxy groups -OCH3 is 1. The lowest BCUT2D eigenvalue weighted by atomic mass is 9.78. The van der Waals surface area contributed by atoms with Crippen molar-refractivity contribution in [3.05, 3.63) is 36.4 Å². The average Bonchev–Trinajstić information content (AvgIpc) is 2.56. The van der Waals surface area contributed by atoms with E-state index in [2.05, 4.69) is 25.7 Å². The summed E-state index contributed by atoms with van der Waals surface area (Å²) >= 11 is 0. The van der Waals surface area contributed by atoms with Crippen LogP contribution in [0.5, 0.6) is 11.5 Å². The minimum Gasteiger partial charge on any atom is -0.493 e. The fourth-order valence-corrected chi connectivity index (χ4v) is 3.11. The first-order valence-corrected chi connectivity index (χ1v) is 8.29. The maximum atomic E-state index is 12.5. The number of carbonyl (C=O) groups excluding carboxylic acids is 1. The molecule has 1 aliphatic carbocycles. The van der Waals surface area contributed by atoms with Gasteiger partial charge in [-0.3, -0.25) is 4.79 Å². The Morgan fingerprint density at radius 1 is 1.35 bits per heavy atom. The van der Waals surface area contributed by atoms with E-state index in [1.165, 1.54) is 12.8 Å². The highest BCUT2D eigenvalue weighted by Gasteiger charge is 2.28. The number of nitrogens with one attached hydrogen (secondary N) is 1. The van der Waals surface area contributed by atoms with Crippen LogP contribution in [0.1, 0.15) is 43.5 Å². The van der Waals surface area contributed by atoms with Crippen LogP contribution in [0, 0.1) is 11.8 Å². The van der Waals surface area contributed by atoms with Crippen molar-refractivity contribution in [2.45, 2.75) is 39.2 Å². The molecule has 1 saturated carbocycles. The third-order valence-corrected chi connectivity index (χ3v) is 4.81. The number of benzene rings is 1. The quantitative estimate of drug-likeness (QED) is 0.812. The molecule has 0 saturated heterocycles. The van der Waals surface area contributed by atoms with Crippen molar-refractivity contribution < 1.29 is 14.3 Å². The second-order valence-corrected chi connectivity index (χ2v) is 6.31. The molecule has 0 aromatic heterocycles. The molecule has 1 amide bonds. The maximum absolute atomic E-state index is 12.5. The van der Waals surface area contributed by atoms with E-state index in [9.17, 15) is 4.79 Å². The molecule has 23 heavy (non-hydrogen) atoms. The molecule has 4 heteroatoms. The summed E-state index contributed by atoms with van der Waals surface area (Å²) in [5.41, 5.74) is 0.596. The molecule has 0 spiro atoms. The van der Waals surface area contributed by atoms with Crippen molar-refractivity contribution in [2.24, 2.45) is 11.8 Å². The Labute approximate surface area is 138 Å². The largest absolute Gasteiger partial charge is 0.493 e. The SMILES string of the molecule is C=CCOc1ccc(C(=O)NC2CCCC(C)C2C)cc1OC. The Morgan fingerprint density at radius 2 is 2.13 bits per heavy atom. The Balaban J connectivity index is 2.08. The van der Waals surface area contributed by atoms with E-state index in [1.807, 2.05) is 0 Å². The lowest BCUT2D eigenvalue weighted by Crippen LogP contribution is -2.43. The van der Waals surface area contributed by atoms with E-state index < -0.39 is 0 Å². The molecule has 1 N–H and O–H groups in total. The van der Waals surface area contributed by atoms with Gasteiger partial charge in [0, 0.05) is 11.6 Å². The van der Waals surface area contributed by atoms with E-state index in [-0.39, 0.29) is 11.9 Å². The van der Waals surface area contributed by atoms with Crippen LogP contribution < -0.4 is 14.8 Å². The van der Waals surface area contributed by atoms with Crippen LogP contribution in [-0.4, -0.2) is 25.7 Å². The van der Waals surface area contributed by atoms with Gasteiger partial charge in [0.05, 0.1) is 7.11 Å². The predicted molar refractivity (Wildman–Crippen MR) is 92.1 cm³/mol. The molecule has 3 atom stereocenters. The molecule has 0 aliphatic heterocycles. The molecule has 4 nitrogen and oxygen atoms in total. The van der Waals surface area contributed by atoms with E-state index in [4.69, 9.17) is 9.47 Å². The summed E-state index contributed by atoms with van der Waals surface area (Å²) in [7, 11) is 1.57. The summed E-state index contributed by atoms with van der Waals surface area (Å²) in [6, 6.07) is 5.51. The van der Waals surface area contributed by atoms with Gasteiger partial charge in [0.15, 0.2) is 11.5 Å². The first-order chi connectivity index (χ1) is 11.1. The molecule has 1 aromatic rings. The van der Waals surface area contributed by atoms with E-state index in [0.717, 1.165) is 6.42 Å². The summed E-state index contributed by atoms with van der Waals surface area (Å²) in [6.07, 6.45) is 5.14. The third-order valence-electron chi connectivity index (χ3n) is 4.81. The Morgan fingerprint density at radius 3 is 2.83 bits per heavy atom. The highest BCUT2D eigenvalue weighted by molar-refractivity contribution is 5.95. The van der Waals surface area contributed by atoms with Gasteiger partial charge in [-0.15, -0.1) is 0 Å². The normalized spacial score (nSPS) is 23.9. The summed E-state index contributed by atoms with van der Waals surface area (Å²) in [4.78, 5) is 12.5. The van der Waals surface area contributed by atoms with Crippen molar-refractivity contribution >= 4 is 5.91 Å². The zero-order chi connectivity index (χ0) is 16.8. The van der Waals surface area contributed by atoms with Crippen LogP contribution in [0.2, 0.25) is 0 Å². The van der Waals surface area contributed by atoms with Crippen LogP contribution >= 0.6 is 0 Å². The molecule has 0 radical (unpaired) electrons. The van der Waals surface area contributed by atoms with E-state index in [1.54, 1.807) is 31.4 Å². The van der Waals surface area contributed by atoms with Gasteiger partial charge in [-0.1, -0.05) is 39.3 Å². The van der Waals surface area contributed by atoms with Gasteiger partial charge in [-0.2, -0.15) is 0 Å².